The molecule has 0 aromatic rings. The summed E-state index contributed by atoms with van der Waals surface area (Å²) >= 11 is 0. The number of esters is 4. The highest BCUT2D eigenvalue weighted by atomic mass is 31.2. The highest BCUT2D eigenvalue weighted by molar-refractivity contribution is 7.47. The van der Waals surface area contributed by atoms with E-state index in [0.29, 0.717) is 31.6 Å². The SMILES string of the molecule is CC(C)CCCCCCCCCCCCCCCCC(=O)OC[C@H](COP(=O)(O)OC[C@@H](O)COP(=O)(O)OC[C@@H](COC(=O)CCCCCCCCC(C)C)OC(=O)CCCCCCCCCCCCC(C)C)OC(=O)CCCCCCCCCCCCCCCCC(C)C. The van der Waals surface area contributed by atoms with E-state index in [2.05, 4.69) is 55.4 Å². The number of hydrogen-bond donors (Lipinski definition) is 3. The fraction of sp³-hybridized carbons (Fsp3) is 0.948. The van der Waals surface area contributed by atoms with Gasteiger partial charge in [-0.2, -0.15) is 0 Å². The van der Waals surface area contributed by atoms with Crippen LogP contribution in [0.2, 0.25) is 0 Å². The van der Waals surface area contributed by atoms with Gasteiger partial charge in [0.25, 0.3) is 0 Å². The van der Waals surface area contributed by atoms with Crippen molar-refractivity contribution in [2.24, 2.45) is 23.7 Å². The van der Waals surface area contributed by atoms with E-state index in [4.69, 9.17) is 37.0 Å². The van der Waals surface area contributed by atoms with Crippen LogP contribution < -0.4 is 0 Å². The second-order valence-electron chi connectivity index (χ2n) is 29.7. The van der Waals surface area contributed by atoms with Crippen molar-refractivity contribution in [2.45, 2.75) is 408 Å². The Kier molecular flexibility index (Phi) is 65.0. The highest BCUT2D eigenvalue weighted by Crippen LogP contribution is 2.45. The monoisotopic (exact) mass is 1410 g/mol. The molecule has 0 heterocycles. The molecule has 0 bridgehead atoms. The van der Waals surface area contributed by atoms with Gasteiger partial charge in [-0.05, 0) is 49.4 Å². The lowest BCUT2D eigenvalue weighted by atomic mass is 10.0. The molecule has 0 saturated heterocycles. The van der Waals surface area contributed by atoms with E-state index in [-0.39, 0.29) is 25.7 Å². The summed E-state index contributed by atoms with van der Waals surface area (Å²) in [6.45, 7) is 14.2. The lowest BCUT2D eigenvalue weighted by molar-refractivity contribution is -0.161. The topological polar surface area (TPSA) is 237 Å². The van der Waals surface area contributed by atoms with Gasteiger partial charge in [0.1, 0.15) is 19.3 Å². The molecule has 0 aromatic heterocycles. The number of carbonyl (C=O) groups is 4. The first-order valence-electron chi connectivity index (χ1n) is 39.7. The molecule has 5 atom stereocenters. The van der Waals surface area contributed by atoms with Gasteiger partial charge in [-0.1, -0.05) is 338 Å². The summed E-state index contributed by atoms with van der Waals surface area (Å²) in [5, 5.41) is 10.6. The van der Waals surface area contributed by atoms with Gasteiger partial charge < -0.3 is 33.8 Å². The molecule has 570 valence electrons. The van der Waals surface area contributed by atoms with Gasteiger partial charge in [-0.25, -0.2) is 9.13 Å². The largest absolute Gasteiger partial charge is 0.472 e. The van der Waals surface area contributed by atoms with E-state index < -0.39 is 97.5 Å². The molecule has 2 unspecified atom stereocenters. The minimum atomic E-state index is -4.96. The van der Waals surface area contributed by atoms with E-state index in [1.54, 1.807) is 0 Å². The molecule has 0 fully saturated rings. The van der Waals surface area contributed by atoms with Crippen LogP contribution in [0.1, 0.15) is 389 Å². The summed E-state index contributed by atoms with van der Waals surface area (Å²) in [6.07, 6.45) is 51.5. The first-order chi connectivity index (χ1) is 46.1. The average Bonchev–Trinajstić information content (AvgIpc) is 1.43. The fourth-order valence-electron chi connectivity index (χ4n) is 11.7. The van der Waals surface area contributed by atoms with Gasteiger partial charge in [-0.15, -0.1) is 0 Å². The number of unbranched alkanes of at least 4 members (excludes halogenated alkanes) is 40. The van der Waals surface area contributed by atoms with Crippen molar-refractivity contribution in [2.75, 3.05) is 39.6 Å². The van der Waals surface area contributed by atoms with Crippen LogP contribution in [-0.4, -0.2) is 96.7 Å². The van der Waals surface area contributed by atoms with Crippen LogP contribution >= 0.6 is 15.6 Å². The molecule has 3 N–H and O–H groups in total. The predicted octanol–water partition coefficient (Wildman–Crippen LogP) is 22.4. The summed E-state index contributed by atoms with van der Waals surface area (Å²) < 4.78 is 68.5. The molecule has 0 aliphatic heterocycles. The Balaban J connectivity index is 5.24. The van der Waals surface area contributed by atoms with Gasteiger partial charge >= 0.3 is 39.5 Å². The summed E-state index contributed by atoms with van der Waals surface area (Å²) in [5.41, 5.74) is 0. The first-order valence-corrected chi connectivity index (χ1v) is 42.7. The molecule has 0 spiro atoms. The number of ether oxygens (including phenoxy) is 4. The summed E-state index contributed by atoms with van der Waals surface area (Å²) in [7, 11) is -9.91. The van der Waals surface area contributed by atoms with Gasteiger partial charge in [0.15, 0.2) is 12.2 Å². The smallest absolute Gasteiger partial charge is 0.462 e. The van der Waals surface area contributed by atoms with Crippen molar-refractivity contribution in [1.82, 2.24) is 0 Å². The third-order valence-electron chi connectivity index (χ3n) is 17.8. The Morgan fingerprint density at radius 3 is 0.646 bits per heavy atom. The number of carbonyl (C=O) groups excluding carboxylic acids is 4. The molecule has 0 amide bonds. The number of hydrogen-bond acceptors (Lipinski definition) is 15. The average molecular weight is 1410 g/mol. The molecule has 0 aliphatic carbocycles. The Labute approximate surface area is 588 Å². The zero-order valence-corrected chi connectivity index (χ0v) is 64.8. The number of rotatable bonds is 74. The number of phosphoric ester groups is 2. The van der Waals surface area contributed by atoms with Crippen LogP contribution in [0.25, 0.3) is 0 Å². The molecule has 0 aromatic carbocycles. The maximum absolute atomic E-state index is 13.1. The molecule has 17 nitrogen and oxygen atoms in total. The number of aliphatic hydroxyl groups excluding tert-OH is 1. The summed E-state index contributed by atoms with van der Waals surface area (Å²) in [6, 6.07) is 0. The molecule has 0 saturated carbocycles. The molecule has 0 rings (SSSR count). The quantitative estimate of drug-likeness (QED) is 0.0222. The van der Waals surface area contributed by atoms with E-state index in [9.17, 15) is 43.2 Å². The van der Waals surface area contributed by atoms with Crippen molar-refractivity contribution < 1.29 is 80.2 Å². The predicted molar refractivity (Wildman–Crippen MR) is 391 cm³/mol. The van der Waals surface area contributed by atoms with Crippen LogP contribution in [0.4, 0.5) is 0 Å². The Hall–Kier alpha value is -1.94. The van der Waals surface area contributed by atoms with Gasteiger partial charge in [0.05, 0.1) is 26.4 Å². The van der Waals surface area contributed by atoms with E-state index in [0.717, 1.165) is 114 Å². The van der Waals surface area contributed by atoms with Crippen LogP contribution in [0.3, 0.4) is 0 Å². The fourth-order valence-corrected chi connectivity index (χ4v) is 13.3. The summed E-state index contributed by atoms with van der Waals surface area (Å²) in [5.74, 6) is 0.905. The normalized spacial score (nSPS) is 14.1. The molecule has 0 radical (unpaired) electrons. The molecular formula is C77H150O17P2. The molecule has 19 heteroatoms. The third-order valence-corrected chi connectivity index (χ3v) is 19.7. The second kappa shape index (κ2) is 66.3. The number of aliphatic hydroxyl groups is 1. The van der Waals surface area contributed by atoms with Crippen LogP contribution in [0.5, 0.6) is 0 Å². The van der Waals surface area contributed by atoms with E-state index >= 15 is 0 Å². The van der Waals surface area contributed by atoms with Crippen molar-refractivity contribution in [3.8, 4) is 0 Å². The maximum atomic E-state index is 13.1. The minimum absolute atomic E-state index is 0.105. The van der Waals surface area contributed by atoms with E-state index in [1.165, 1.54) is 186 Å². The molecule has 0 aliphatic rings. The van der Waals surface area contributed by atoms with Gasteiger partial charge in [-0.3, -0.25) is 37.3 Å². The van der Waals surface area contributed by atoms with Crippen LogP contribution in [0, 0.1) is 23.7 Å². The van der Waals surface area contributed by atoms with Gasteiger partial charge in [0, 0.05) is 25.7 Å². The zero-order chi connectivity index (χ0) is 71.0. The van der Waals surface area contributed by atoms with Gasteiger partial charge in [0.2, 0.25) is 0 Å². The van der Waals surface area contributed by atoms with Crippen molar-refractivity contribution in [3.05, 3.63) is 0 Å². The van der Waals surface area contributed by atoms with E-state index in [1.807, 2.05) is 0 Å². The summed E-state index contributed by atoms with van der Waals surface area (Å²) in [4.78, 5) is 72.8. The first kappa shape index (κ1) is 94.1. The minimum Gasteiger partial charge on any atom is -0.462 e. The second-order valence-corrected chi connectivity index (χ2v) is 32.6. The van der Waals surface area contributed by atoms with Crippen molar-refractivity contribution in [1.29, 1.82) is 0 Å². The van der Waals surface area contributed by atoms with Crippen molar-refractivity contribution in [3.63, 3.8) is 0 Å². The Bertz CT molecular complexity index is 1880. The Morgan fingerprint density at radius 1 is 0.260 bits per heavy atom. The van der Waals surface area contributed by atoms with Crippen LogP contribution in [0.15, 0.2) is 0 Å². The molecular weight excluding hydrogens is 1260 g/mol. The van der Waals surface area contributed by atoms with Crippen molar-refractivity contribution >= 4 is 39.5 Å². The molecule has 96 heavy (non-hydrogen) atoms. The third kappa shape index (κ3) is 70.5. The highest BCUT2D eigenvalue weighted by Gasteiger charge is 2.30. The Morgan fingerprint density at radius 2 is 0.438 bits per heavy atom. The lowest BCUT2D eigenvalue weighted by Crippen LogP contribution is -2.30. The maximum Gasteiger partial charge on any atom is 0.472 e. The lowest BCUT2D eigenvalue weighted by Gasteiger charge is -2.21. The zero-order valence-electron chi connectivity index (χ0n) is 63.0. The van der Waals surface area contributed by atoms with Crippen LogP contribution in [-0.2, 0) is 65.4 Å². The standard InChI is InChI=1S/C77H150O17P2/c1-67(2)53-45-37-29-23-17-13-9-11-15-19-26-32-41-49-57-74(79)87-63-72(93-76(81)59-51-43-33-27-20-16-12-10-14-18-24-30-38-46-54-68(3)4)65-91-95(83,84)89-61-71(78)62-90-96(85,86)92-66-73(64-88-75(80)58-50-42-36-35-40-48-56-70(7)8)94-77(82)60-52-44-34-28-22-21-25-31-39-47-55-69(5)6/h67-73,78H,9-66H2,1-8H3,(H,83,84)(H,85,86)/t71-,72-,73-/m1/s1. The number of phosphoric acid groups is 2.